The number of carbonyl (C=O) groups excluding carboxylic acids is 2. The van der Waals surface area contributed by atoms with Gasteiger partial charge in [-0.2, -0.15) is 0 Å². The fraction of sp³-hybridized carbons (Fsp3) is 0.857. The third kappa shape index (κ3) is 7.15. The van der Waals surface area contributed by atoms with Gasteiger partial charge in [-0.3, -0.25) is 9.59 Å². The predicted octanol–water partition coefficient (Wildman–Crippen LogP) is 1.32. The molecule has 0 unspecified atom stereocenters. The maximum atomic E-state index is 11.8. The van der Waals surface area contributed by atoms with Gasteiger partial charge in [0.2, 0.25) is 5.91 Å². The fourth-order valence-corrected chi connectivity index (χ4v) is 2.20. The van der Waals surface area contributed by atoms with E-state index in [0.717, 1.165) is 51.9 Å². The molecule has 0 aliphatic carbocycles. The number of hydrogen-bond acceptors (Lipinski definition) is 4. The predicted molar refractivity (Wildman–Crippen MR) is 73.8 cm³/mol. The van der Waals surface area contributed by atoms with E-state index < -0.39 is 0 Å². The van der Waals surface area contributed by atoms with E-state index in [1.165, 1.54) is 0 Å². The zero-order valence-electron chi connectivity index (χ0n) is 12.0. The molecule has 1 heterocycles. The number of amides is 1. The van der Waals surface area contributed by atoms with Crippen LogP contribution in [-0.2, 0) is 14.3 Å². The Bertz CT molecular complexity index is 276. The number of rotatable bonds is 8. The van der Waals surface area contributed by atoms with Crippen LogP contribution in [0.4, 0.5) is 0 Å². The van der Waals surface area contributed by atoms with E-state index in [1.807, 2.05) is 11.8 Å². The monoisotopic (exact) mass is 270 g/mol. The average Bonchev–Trinajstić information content (AvgIpc) is 2.43. The lowest BCUT2D eigenvalue weighted by molar-refractivity contribution is -0.143. The van der Waals surface area contributed by atoms with Gasteiger partial charge in [0.25, 0.3) is 0 Å². The van der Waals surface area contributed by atoms with Gasteiger partial charge < -0.3 is 15.0 Å². The van der Waals surface area contributed by atoms with Crippen LogP contribution in [0.25, 0.3) is 0 Å². The third-order valence-corrected chi connectivity index (χ3v) is 3.30. The maximum Gasteiger partial charge on any atom is 0.305 e. The number of piperazine rings is 1. The number of unbranched alkanes of at least 4 members (excludes halogenated alkanes) is 3. The molecule has 19 heavy (non-hydrogen) atoms. The highest BCUT2D eigenvalue weighted by Crippen LogP contribution is 2.08. The molecule has 0 bridgehead atoms. The van der Waals surface area contributed by atoms with Crippen LogP contribution < -0.4 is 5.32 Å². The van der Waals surface area contributed by atoms with E-state index in [2.05, 4.69) is 5.32 Å². The summed E-state index contributed by atoms with van der Waals surface area (Å²) in [5, 5.41) is 3.24. The molecule has 0 aromatic carbocycles. The smallest absolute Gasteiger partial charge is 0.305 e. The molecule has 1 aliphatic heterocycles. The zero-order valence-corrected chi connectivity index (χ0v) is 12.0. The van der Waals surface area contributed by atoms with Crippen molar-refractivity contribution in [1.29, 1.82) is 0 Å². The van der Waals surface area contributed by atoms with Crippen molar-refractivity contribution in [3.05, 3.63) is 0 Å². The SMILES string of the molecule is CCOC(=O)CCCCCCC(=O)N1CCNCC1. The van der Waals surface area contributed by atoms with Crippen LogP contribution in [-0.4, -0.2) is 49.6 Å². The molecule has 1 saturated heterocycles. The van der Waals surface area contributed by atoms with Crippen molar-refractivity contribution in [1.82, 2.24) is 10.2 Å². The second kappa shape index (κ2) is 9.78. The second-order valence-corrected chi connectivity index (χ2v) is 4.85. The van der Waals surface area contributed by atoms with Gasteiger partial charge in [-0.1, -0.05) is 12.8 Å². The average molecular weight is 270 g/mol. The van der Waals surface area contributed by atoms with Gasteiger partial charge in [0.1, 0.15) is 0 Å². The van der Waals surface area contributed by atoms with Gasteiger partial charge in [0.15, 0.2) is 0 Å². The van der Waals surface area contributed by atoms with Crippen LogP contribution in [0.1, 0.15) is 45.4 Å². The molecule has 0 aromatic rings. The summed E-state index contributed by atoms with van der Waals surface area (Å²) in [5.74, 6) is 0.159. The Kier molecular flexibility index (Phi) is 8.21. The molecule has 0 saturated carbocycles. The molecule has 0 radical (unpaired) electrons. The second-order valence-electron chi connectivity index (χ2n) is 4.85. The topological polar surface area (TPSA) is 58.6 Å². The minimum absolute atomic E-state index is 0.112. The van der Waals surface area contributed by atoms with Gasteiger partial charge in [0, 0.05) is 39.0 Å². The molecule has 5 nitrogen and oxygen atoms in total. The summed E-state index contributed by atoms with van der Waals surface area (Å²) in [6.07, 6.45) is 4.93. The Balaban J connectivity index is 1.95. The van der Waals surface area contributed by atoms with Crippen molar-refractivity contribution in [2.24, 2.45) is 0 Å². The summed E-state index contributed by atoms with van der Waals surface area (Å²) < 4.78 is 4.86. The van der Waals surface area contributed by atoms with E-state index in [1.54, 1.807) is 0 Å². The first-order valence-corrected chi connectivity index (χ1v) is 7.38. The molecule has 1 fully saturated rings. The number of nitrogens with one attached hydrogen (secondary N) is 1. The summed E-state index contributed by atoms with van der Waals surface area (Å²) in [6.45, 7) is 5.76. The summed E-state index contributed by atoms with van der Waals surface area (Å²) in [7, 11) is 0. The maximum absolute atomic E-state index is 11.8. The first-order valence-electron chi connectivity index (χ1n) is 7.38. The lowest BCUT2D eigenvalue weighted by atomic mass is 10.1. The quantitative estimate of drug-likeness (QED) is 0.534. The summed E-state index contributed by atoms with van der Waals surface area (Å²) in [4.78, 5) is 24.9. The minimum Gasteiger partial charge on any atom is -0.466 e. The van der Waals surface area contributed by atoms with E-state index >= 15 is 0 Å². The van der Waals surface area contributed by atoms with Gasteiger partial charge in [-0.05, 0) is 19.8 Å². The number of hydrogen-bond donors (Lipinski definition) is 1. The van der Waals surface area contributed by atoms with Crippen molar-refractivity contribution in [3.63, 3.8) is 0 Å². The summed E-state index contributed by atoms with van der Waals surface area (Å²) in [5.41, 5.74) is 0. The lowest BCUT2D eigenvalue weighted by Gasteiger charge is -2.27. The number of esters is 1. The summed E-state index contributed by atoms with van der Waals surface area (Å²) >= 11 is 0. The fourth-order valence-electron chi connectivity index (χ4n) is 2.20. The molecule has 0 atom stereocenters. The highest BCUT2D eigenvalue weighted by molar-refractivity contribution is 5.76. The molecular weight excluding hydrogens is 244 g/mol. The van der Waals surface area contributed by atoms with E-state index in [9.17, 15) is 9.59 Å². The minimum atomic E-state index is -0.112. The molecular formula is C14H26N2O3. The first kappa shape index (κ1) is 16.0. The molecule has 110 valence electrons. The number of carbonyl (C=O) groups is 2. The zero-order chi connectivity index (χ0) is 13.9. The Hall–Kier alpha value is -1.10. The van der Waals surface area contributed by atoms with Crippen LogP contribution in [0, 0.1) is 0 Å². The van der Waals surface area contributed by atoms with Gasteiger partial charge in [-0.15, -0.1) is 0 Å². The van der Waals surface area contributed by atoms with Crippen molar-refractivity contribution in [3.8, 4) is 0 Å². The summed E-state index contributed by atoms with van der Waals surface area (Å²) in [6, 6.07) is 0. The highest BCUT2D eigenvalue weighted by atomic mass is 16.5. The van der Waals surface area contributed by atoms with Gasteiger partial charge in [-0.25, -0.2) is 0 Å². The van der Waals surface area contributed by atoms with Crippen LogP contribution in [0.5, 0.6) is 0 Å². The van der Waals surface area contributed by atoms with Crippen LogP contribution in [0.2, 0.25) is 0 Å². The third-order valence-electron chi connectivity index (χ3n) is 3.30. The van der Waals surface area contributed by atoms with E-state index in [4.69, 9.17) is 4.74 Å². The number of ether oxygens (including phenoxy) is 1. The molecule has 5 heteroatoms. The van der Waals surface area contributed by atoms with Crippen molar-refractivity contribution < 1.29 is 14.3 Å². The Labute approximate surface area is 115 Å². The molecule has 1 amide bonds. The molecule has 0 aromatic heterocycles. The van der Waals surface area contributed by atoms with Gasteiger partial charge in [0.05, 0.1) is 6.61 Å². The lowest BCUT2D eigenvalue weighted by Crippen LogP contribution is -2.46. The van der Waals surface area contributed by atoms with Crippen molar-refractivity contribution in [2.75, 3.05) is 32.8 Å². The molecule has 0 spiro atoms. The molecule has 1 N–H and O–H groups in total. The van der Waals surface area contributed by atoms with Crippen molar-refractivity contribution in [2.45, 2.75) is 45.4 Å². The van der Waals surface area contributed by atoms with E-state index in [0.29, 0.717) is 19.4 Å². The Morgan fingerprint density at radius 3 is 2.32 bits per heavy atom. The normalized spacial score (nSPS) is 15.3. The Morgan fingerprint density at radius 2 is 1.68 bits per heavy atom. The van der Waals surface area contributed by atoms with E-state index in [-0.39, 0.29) is 11.9 Å². The first-order chi connectivity index (χ1) is 9.24. The van der Waals surface area contributed by atoms with Crippen LogP contribution in [0.15, 0.2) is 0 Å². The molecule has 1 aliphatic rings. The highest BCUT2D eigenvalue weighted by Gasteiger charge is 2.15. The van der Waals surface area contributed by atoms with Crippen molar-refractivity contribution >= 4 is 11.9 Å². The van der Waals surface area contributed by atoms with Crippen LogP contribution >= 0.6 is 0 Å². The van der Waals surface area contributed by atoms with Crippen LogP contribution in [0.3, 0.4) is 0 Å². The largest absolute Gasteiger partial charge is 0.466 e. The standard InChI is InChI=1S/C14H26N2O3/c1-2-19-14(18)8-6-4-3-5-7-13(17)16-11-9-15-10-12-16/h15H,2-12H2,1H3. The molecule has 1 rings (SSSR count). The van der Waals surface area contributed by atoms with Gasteiger partial charge >= 0.3 is 5.97 Å². The Morgan fingerprint density at radius 1 is 1.05 bits per heavy atom. The number of nitrogens with zero attached hydrogens (tertiary/aromatic N) is 1.